The Kier molecular flexibility index (Phi) is 9.18. The van der Waals surface area contributed by atoms with Gasteiger partial charge in [-0.1, -0.05) is 19.9 Å². The van der Waals surface area contributed by atoms with Crippen LogP contribution in [0.3, 0.4) is 0 Å². The van der Waals surface area contributed by atoms with Crippen LogP contribution in [0.5, 0.6) is 5.75 Å². The molecule has 202 valence electrons. The van der Waals surface area contributed by atoms with Gasteiger partial charge in [-0.2, -0.15) is 0 Å². The number of piperidine rings is 1. The number of rotatable bonds is 10. The van der Waals surface area contributed by atoms with Crippen molar-refractivity contribution in [2.75, 3.05) is 57.2 Å². The highest BCUT2D eigenvalue weighted by Crippen LogP contribution is 2.37. The minimum Gasteiger partial charge on any atom is -0.496 e. The van der Waals surface area contributed by atoms with E-state index in [1.807, 2.05) is 26.0 Å². The fourth-order valence-corrected chi connectivity index (χ4v) is 5.12. The molecule has 10 heteroatoms. The quantitative estimate of drug-likeness (QED) is 0.378. The van der Waals surface area contributed by atoms with Crippen molar-refractivity contribution >= 4 is 23.2 Å². The second kappa shape index (κ2) is 12.5. The van der Waals surface area contributed by atoms with Crippen LogP contribution in [0, 0.1) is 0 Å². The second-order valence-electron chi connectivity index (χ2n) is 10.1. The van der Waals surface area contributed by atoms with Crippen LogP contribution in [-0.4, -0.2) is 78.5 Å². The van der Waals surface area contributed by atoms with Crippen LogP contribution in [0.2, 0.25) is 0 Å². The number of β-amino-alcohol motifs (C(OH)–C–C–N with tert-alkyl or cyclic N) is 1. The first-order valence-electron chi connectivity index (χ1n) is 13.2. The number of nitrogens with one attached hydrogen (secondary N) is 2. The molecule has 10 nitrogen and oxygen atoms in total. The number of methoxy groups -OCH3 is 1. The summed E-state index contributed by atoms with van der Waals surface area (Å²) in [6, 6.07) is 6.22. The van der Waals surface area contributed by atoms with E-state index < -0.39 is 5.91 Å². The molecular weight excluding hydrogens is 472 g/mol. The predicted molar refractivity (Wildman–Crippen MR) is 144 cm³/mol. The summed E-state index contributed by atoms with van der Waals surface area (Å²) in [5.74, 6) is 1.59. The molecular formula is C27H40N6O4. The van der Waals surface area contributed by atoms with E-state index in [9.17, 15) is 9.90 Å². The SMILES string of the molecule is COc1cc(Nc2nc(NC3CCOCC3)c(C(C)C)nc2C(N)=O)ccc1C1CCN(CCO)CC1. The normalized spacial score (nSPS) is 17.6. The Hall–Kier alpha value is -2.95. The van der Waals surface area contributed by atoms with Gasteiger partial charge in [-0.15, -0.1) is 0 Å². The van der Waals surface area contributed by atoms with E-state index in [1.165, 1.54) is 0 Å². The van der Waals surface area contributed by atoms with E-state index in [-0.39, 0.29) is 24.3 Å². The van der Waals surface area contributed by atoms with Gasteiger partial charge >= 0.3 is 0 Å². The number of nitrogens with zero attached hydrogens (tertiary/aromatic N) is 3. The summed E-state index contributed by atoms with van der Waals surface area (Å²) >= 11 is 0. The summed E-state index contributed by atoms with van der Waals surface area (Å²) in [5.41, 5.74) is 8.45. The molecule has 1 aromatic heterocycles. The number of ether oxygens (including phenoxy) is 2. The summed E-state index contributed by atoms with van der Waals surface area (Å²) in [6.07, 6.45) is 3.80. The number of aliphatic hydroxyl groups excluding tert-OH is 1. The van der Waals surface area contributed by atoms with Crippen molar-refractivity contribution in [3.05, 3.63) is 35.2 Å². The zero-order valence-corrected chi connectivity index (χ0v) is 22.1. The third kappa shape index (κ3) is 6.68. The van der Waals surface area contributed by atoms with Crippen LogP contribution in [0.1, 0.15) is 73.1 Å². The molecule has 0 unspecified atom stereocenters. The van der Waals surface area contributed by atoms with Crippen molar-refractivity contribution < 1.29 is 19.4 Å². The lowest BCUT2D eigenvalue weighted by Gasteiger charge is -2.32. The number of carbonyl (C=O) groups is 1. The highest BCUT2D eigenvalue weighted by Gasteiger charge is 2.25. The van der Waals surface area contributed by atoms with E-state index in [2.05, 4.69) is 26.6 Å². The Balaban J connectivity index is 1.59. The fraction of sp³-hybridized carbons (Fsp3) is 0.593. The first kappa shape index (κ1) is 27.1. The van der Waals surface area contributed by atoms with Gasteiger partial charge in [0, 0.05) is 37.6 Å². The fourth-order valence-electron chi connectivity index (χ4n) is 5.12. The summed E-state index contributed by atoms with van der Waals surface area (Å²) in [5, 5.41) is 16.0. The molecule has 2 aliphatic rings. The minimum absolute atomic E-state index is 0.0603. The Morgan fingerprint density at radius 1 is 1.19 bits per heavy atom. The van der Waals surface area contributed by atoms with Crippen molar-refractivity contribution in [2.24, 2.45) is 5.73 Å². The minimum atomic E-state index is -0.632. The van der Waals surface area contributed by atoms with Crippen molar-refractivity contribution in [3.63, 3.8) is 0 Å². The van der Waals surface area contributed by atoms with Gasteiger partial charge < -0.3 is 35.8 Å². The van der Waals surface area contributed by atoms with Gasteiger partial charge in [-0.25, -0.2) is 9.97 Å². The number of aliphatic hydroxyl groups is 1. The number of nitrogens with two attached hydrogens (primary N) is 1. The number of aromatic nitrogens is 2. The van der Waals surface area contributed by atoms with Crippen LogP contribution < -0.4 is 21.1 Å². The molecule has 2 aromatic rings. The van der Waals surface area contributed by atoms with Gasteiger partial charge in [0.25, 0.3) is 5.91 Å². The zero-order valence-electron chi connectivity index (χ0n) is 22.1. The topological polar surface area (TPSA) is 135 Å². The van der Waals surface area contributed by atoms with Crippen LogP contribution >= 0.6 is 0 Å². The van der Waals surface area contributed by atoms with Gasteiger partial charge in [0.1, 0.15) is 5.75 Å². The molecule has 37 heavy (non-hydrogen) atoms. The molecule has 5 N–H and O–H groups in total. The summed E-state index contributed by atoms with van der Waals surface area (Å²) in [4.78, 5) is 24.1. The maximum Gasteiger partial charge on any atom is 0.271 e. The smallest absolute Gasteiger partial charge is 0.271 e. The lowest BCUT2D eigenvalue weighted by molar-refractivity contribution is 0.0903. The maximum absolute atomic E-state index is 12.3. The summed E-state index contributed by atoms with van der Waals surface area (Å²) in [7, 11) is 1.67. The molecule has 0 aliphatic carbocycles. The number of primary amides is 1. The third-order valence-electron chi connectivity index (χ3n) is 7.21. The molecule has 2 aliphatic heterocycles. The van der Waals surface area contributed by atoms with Gasteiger partial charge in [-0.05, 0) is 62.2 Å². The lowest BCUT2D eigenvalue weighted by Crippen LogP contribution is -2.35. The van der Waals surface area contributed by atoms with Crippen LogP contribution in [0.25, 0.3) is 0 Å². The number of benzene rings is 1. The van der Waals surface area contributed by atoms with E-state index in [4.69, 9.17) is 20.2 Å². The lowest BCUT2D eigenvalue weighted by atomic mass is 9.88. The average molecular weight is 513 g/mol. The Bertz CT molecular complexity index is 1070. The van der Waals surface area contributed by atoms with Gasteiger partial charge in [-0.3, -0.25) is 4.79 Å². The van der Waals surface area contributed by atoms with Crippen LogP contribution in [0.4, 0.5) is 17.3 Å². The van der Waals surface area contributed by atoms with Crippen LogP contribution in [-0.2, 0) is 4.74 Å². The summed E-state index contributed by atoms with van der Waals surface area (Å²) < 4.78 is 11.2. The van der Waals surface area contributed by atoms with Gasteiger partial charge in [0.2, 0.25) is 0 Å². The van der Waals surface area contributed by atoms with Crippen molar-refractivity contribution in [3.8, 4) is 5.75 Å². The first-order valence-corrected chi connectivity index (χ1v) is 13.2. The molecule has 0 saturated carbocycles. The maximum atomic E-state index is 12.3. The second-order valence-corrected chi connectivity index (χ2v) is 10.1. The highest BCUT2D eigenvalue weighted by molar-refractivity contribution is 5.96. The van der Waals surface area contributed by atoms with E-state index >= 15 is 0 Å². The molecule has 4 rings (SSSR count). The molecule has 0 spiro atoms. The standard InChI is InChI=1S/C27H40N6O4/c1-17(2)23-26(29-19-8-14-37-15-9-19)32-27(24(31-23)25(28)35)30-20-4-5-21(22(16-20)36-3)18-6-10-33(11-7-18)12-13-34/h4-5,16-19,34H,6-15H2,1-3H3,(H2,28,35)(H2,29,30,32). The Labute approximate surface area is 219 Å². The van der Waals surface area contributed by atoms with Crippen molar-refractivity contribution in [1.82, 2.24) is 14.9 Å². The monoisotopic (exact) mass is 512 g/mol. The van der Waals surface area contributed by atoms with Gasteiger partial charge in [0.15, 0.2) is 17.3 Å². The number of amides is 1. The molecule has 0 radical (unpaired) electrons. The number of hydrogen-bond donors (Lipinski definition) is 4. The van der Waals surface area contributed by atoms with E-state index in [0.29, 0.717) is 36.5 Å². The number of hydrogen-bond acceptors (Lipinski definition) is 9. The third-order valence-corrected chi connectivity index (χ3v) is 7.21. The zero-order chi connectivity index (χ0) is 26.4. The van der Waals surface area contributed by atoms with E-state index in [0.717, 1.165) is 62.3 Å². The van der Waals surface area contributed by atoms with Crippen molar-refractivity contribution in [1.29, 1.82) is 0 Å². The van der Waals surface area contributed by atoms with Crippen LogP contribution in [0.15, 0.2) is 18.2 Å². The molecule has 2 fully saturated rings. The van der Waals surface area contributed by atoms with E-state index in [1.54, 1.807) is 7.11 Å². The molecule has 0 atom stereocenters. The number of anilines is 3. The highest BCUT2D eigenvalue weighted by atomic mass is 16.5. The van der Waals surface area contributed by atoms with Crippen molar-refractivity contribution in [2.45, 2.75) is 57.4 Å². The first-order chi connectivity index (χ1) is 17.9. The molecule has 1 amide bonds. The Morgan fingerprint density at radius 3 is 2.54 bits per heavy atom. The summed E-state index contributed by atoms with van der Waals surface area (Å²) in [6.45, 7) is 8.28. The Morgan fingerprint density at radius 2 is 1.92 bits per heavy atom. The average Bonchev–Trinajstić information content (AvgIpc) is 2.89. The number of likely N-dealkylation sites (tertiary alicyclic amines) is 1. The molecule has 2 saturated heterocycles. The molecule has 0 bridgehead atoms. The van der Waals surface area contributed by atoms with Gasteiger partial charge in [0.05, 0.1) is 19.4 Å². The molecule has 1 aromatic carbocycles. The largest absolute Gasteiger partial charge is 0.496 e. The predicted octanol–water partition coefficient (Wildman–Crippen LogP) is 3.21. The molecule has 3 heterocycles. The number of carbonyl (C=O) groups excluding carboxylic acids is 1.